The Labute approximate surface area is 191 Å². The maximum atomic E-state index is 13.2. The molecule has 0 aliphatic carbocycles. The molecule has 0 spiro atoms. The number of para-hydroxylation sites is 1. The molecule has 0 radical (unpaired) electrons. The Hall–Kier alpha value is -3.76. The van der Waals surface area contributed by atoms with Crippen LogP contribution in [0.15, 0.2) is 53.6 Å². The van der Waals surface area contributed by atoms with Crippen LogP contribution in [0.3, 0.4) is 0 Å². The van der Waals surface area contributed by atoms with E-state index in [0.717, 1.165) is 12.3 Å². The van der Waals surface area contributed by atoms with Crippen LogP contribution in [0.1, 0.15) is 36.6 Å². The van der Waals surface area contributed by atoms with E-state index in [0.29, 0.717) is 54.9 Å². The Morgan fingerprint density at radius 3 is 2.76 bits per heavy atom. The summed E-state index contributed by atoms with van der Waals surface area (Å²) in [6, 6.07) is 9.38. The highest BCUT2D eigenvalue weighted by Crippen LogP contribution is 2.31. The lowest BCUT2D eigenvalue weighted by atomic mass is 9.97. The van der Waals surface area contributed by atoms with Crippen LogP contribution in [0, 0.1) is 0 Å². The van der Waals surface area contributed by atoms with Crippen molar-refractivity contribution < 1.29 is 18.0 Å². The van der Waals surface area contributed by atoms with Gasteiger partial charge in [0, 0.05) is 37.0 Å². The van der Waals surface area contributed by atoms with E-state index >= 15 is 0 Å². The maximum absolute atomic E-state index is 13.2. The largest absolute Gasteiger partial charge is 0.417 e. The molecule has 1 atom stereocenters. The predicted molar refractivity (Wildman–Crippen MR) is 117 cm³/mol. The molecule has 0 bridgehead atoms. The number of rotatable bonds is 4. The minimum absolute atomic E-state index is 0.0842. The fourth-order valence-corrected chi connectivity index (χ4v) is 4.47. The quantitative estimate of drug-likeness (QED) is 0.457. The first-order valence-electron chi connectivity index (χ1n) is 11.0. The second kappa shape index (κ2) is 8.54. The number of pyridine rings is 1. The Balaban J connectivity index is 1.32. The van der Waals surface area contributed by atoms with E-state index < -0.39 is 11.7 Å². The molecule has 34 heavy (non-hydrogen) atoms. The summed E-state index contributed by atoms with van der Waals surface area (Å²) in [4.78, 5) is 26.7. The van der Waals surface area contributed by atoms with E-state index in [1.165, 1.54) is 16.7 Å². The highest BCUT2D eigenvalue weighted by Gasteiger charge is 2.32. The summed E-state index contributed by atoms with van der Waals surface area (Å²) in [5.41, 5.74) is 0.0502. The molecule has 0 N–H and O–H groups in total. The summed E-state index contributed by atoms with van der Waals surface area (Å²) in [5.74, 6) is 0.119. The van der Waals surface area contributed by atoms with E-state index in [-0.39, 0.29) is 23.7 Å². The molecular formula is C23H21F3N6O2. The van der Waals surface area contributed by atoms with Crippen LogP contribution in [0.25, 0.3) is 16.6 Å². The smallest absolute Gasteiger partial charge is 0.342 e. The Kier molecular flexibility index (Phi) is 5.54. The standard InChI is InChI=1S/C23H21F3N6O2/c24-23(25,26)16-7-8-20-28-29-22(31(20)14-16)15-4-3-10-30(13-15)21(34)9-11-32-18-6-2-1-5-17(18)19(33)12-27-32/h1-2,5-8,12,14-15H,3-4,9-11,13H2. The van der Waals surface area contributed by atoms with Crippen LogP contribution in [0.4, 0.5) is 13.2 Å². The fraction of sp³-hybridized carbons (Fsp3) is 0.348. The van der Waals surface area contributed by atoms with Gasteiger partial charge in [0.25, 0.3) is 0 Å². The summed E-state index contributed by atoms with van der Waals surface area (Å²) in [7, 11) is 0. The monoisotopic (exact) mass is 470 g/mol. The number of halogens is 3. The van der Waals surface area contributed by atoms with Gasteiger partial charge >= 0.3 is 6.18 Å². The number of amides is 1. The van der Waals surface area contributed by atoms with Crippen molar-refractivity contribution in [1.82, 2.24) is 29.3 Å². The SMILES string of the molecule is O=C(CCn1ncc(=O)c2ccccc21)N1CCCC(c2nnc3ccc(C(F)(F)F)cn23)C1. The second-order valence-corrected chi connectivity index (χ2v) is 8.38. The van der Waals surface area contributed by atoms with Crippen LogP contribution in [0.2, 0.25) is 0 Å². The number of alkyl halides is 3. The van der Waals surface area contributed by atoms with Crippen molar-refractivity contribution in [3.8, 4) is 0 Å². The zero-order valence-corrected chi connectivity index (χ0v) is 18.1. The van der Waals surface area contributed by atoms with E-state index in [1.807, 2.05) is 6.07 Å². The predicted octanol–water partition coefficient (Wildman–Crippen LogP) is 3.25. The molecule has 1 saturated heterocycles. The van der Waals surface area contributed by atoms with Crippen molar-refractivity contribution in [2.75, 3.05) is 13.1 Å². The normalized spacial score (nSPS) is 16.9. The number of hydrogen-bond acceptors (Lipinski definition) is 5. The van der Waals surface area contributed by atoms with Crippen molar-refractivity contribution in [2.24, 2.45) is 0 Å². The zero-order valence-electron chi connectivity index (χ0n) is 18.1. The number of benzene rings is 1. The fourth-order valence-electron chi connectivity index (χ4n) is 4.47. The van der Waals surface area contributed by atoms with Crippen molar-refractivity contribution in [3.63, 3.8) is 0 Å². The van der Waals surface area contributed by atoms with Crippen LogP contribution < -0.4 is 5.43 Å². The number of carbonyl (C=O) groups excluding carboxylic acids is 1. The van der Waals surface area contributed by atoms with Crippen molar-refractivity contribution >= 4 is 22.5 Å². The lowest BCUT2D eigenvalue weighted by Crippen LogP contribution is -2.40. The molecule has 1 unspecified atom stereocenters. The highest BCUT2D eigenvalue weighted by atomic mass is 19.4. The van der Waals surface area contributed by atoms with Gasteiger partial charge < -0.3 is 4.90 Å². The second-order valence-electron chi connectivity index (χ2n) is 8.38. The number of aromatic nitrogens is 5. The molecule has 1 amide bonds. The van der Waals surface area contributed by atoms with Gasteiger partial charge in [-0.05, 0) is 37.1 Å². The molecule has 4 heterocycles. The molecule has 4 aromatic rings. The molecule has 176 valence electrons. The average molecular weight is 470 g/mol. The maximum Gasteiger partial charge on any atom is 0.417 e. The van der Waals surface area contributed by atoms with E-state index in [9.17, 15) is 22.8 Å². The van der Waals surface area contributed by atoms with Gasteiger partial charge in [-0.15, -0.1) is 10.2 Å². The summed E-state index contributed by atoms with van der Waals surface area (Å²) < 4.78 is 42.5. The van der Waals surface area contributed by atoms with Crippen LogP contribution in [-0.4, -0.2) is 48.3 Å². The third kappa shape index (κ3) is 4.13. The minimum Gasteiger partial charge on any atom is -0.342 e. The van der Waals surface area contributed by atoms with Gasteiger partial charge in [-0.2, -0.15) is 18.3 Å². The van der Waals surface area contributed by atoms with E-state index in [1.54, 1.807) is 27.8 Å². The summed E-state index contributed by atoms with van der Waals surface area (Å²) in [6.07, 6.45) is -0.611. The summed E-state index contributed by atoms with van der Waals surface area (Å²) in [5, 5.41) is 12.8. The first kappa shape index (κ1) is 22.1. The van der Waals surface area contributed by atoms with Gasteiger partial charge in [0.15, 0.2) is 5.65 Å². The number of fused-ring (bicyclic) bond motifs is 2. The molecular weight excluding hydrogens is 449 g/mol. The highest BCUT2D eigenvalue weighted by molar-refractivity contribution is 5.79. The lowest BCUT2D eigenvalue weighted by Gasteiger charge is -2.32. The molecule has 5 rings (SSSR count). The third-order valence-electron chi connectivity index (χ3n) is 6.19. The first-order valence-corrected chi connectivity index (χ1v) is 11.0. The van der Waals surface area contributed by atoms with Crippen molar-refractivity contribution in [1.29, 1.82) is 0 Å². The molecule has 1 aromatic carbocycles. The van der Waals surface area contributed by atoms with Crippen LogP contribution in [-0.2, 0) is 17.5 Å². The van der Waals surface area contributed by atoms with Gasteiger partial charge in [-0.1, -0.05) is 12.1 Å². The number of nitrogens with zero attached hydrogens (tertiary/aromatic N) is 6. The first-order chi connectivity index (χ1) is 16.3. The Morgan fingerprint density at radius 2 is 1.94 bits per heavy atom. The van der Waals surface area contributed by atoms with Gasteiger partial charge in [-0.3, -0.25) is 18.7 Å². The number of carbonyl (C=O) groups is 1. The van der Waals surface area contributed by atoms with Crippen molar-refractivity contribution in [3.05, 3.63) is 70.4 Å². The molecule has 1 fully saturated rings. The molecule has 1 aliphatic rings. The van der Waals surface area contributed by atoms with Crippen LogP contribution >= 0.6 is 0 Å². The number of aryl methyl sites for hydroxylation is 1. The molecule has 11 heteroatoms. The topological polar surface area (TPSA) is 85.4 Å². The average Bonchev–Trinajstić information content (AvgIpc) is 3.27. The number of likely N-dealkylation sites (tertiary alicyclic amines) is 1. The zero-order chi connectivity index (χ0) is 23.9. The third-order valence-corrected chi connectivity index (χ3v) is 6.19. The van der Waals surface area contributed by atoms with Gasteiger partial charge in [-0.25, -0.2) is 0 Å². The van der Waals surface area contributed by atoms with Crippen LogP contribution in [0.5, 0.6) is 0 Å². The van der Waals surface area contributed by atoms with E-state index in [4.69, 9.17) is 0 Å². The van der Waals surface area contributed by atoms with Crippen molar-refractivity contribution in [2.45, 2.75) is 37.9 Å². The Morgan fingerprint density at radius 1 is 1.12 bits per heavy atom. The summed E-state index contributed by atoms with van der Waals surface area (Å²) >= 11 is 0. The van der Waals surface area contributed by atoms with E-state index in [2.05, 4.69) is 15.3 Å². The van der Waals surface area contributed by atoms with Gasteiger partial charge in [0.1, 0.15) is 5.82 Å². The number of hydrogen-bond donors (Lipinski definition) is 0. The van der Waals surface area contributed by atoms with Gasteiger partial charge in [0.05, 0.1) is 23.8 Å². The number of piperidine rings is 1. The Bertz CT molecular complexity index is 1430. The summed E-state index contributed by atoms with van der Waals surface area (Å²) in [6.45, 7) is 1.23. The minimum atomic E-state index is -4.47. The molecule has 0 saturated carbocycles. The molecule has 1 aliphatic heterocycles. The lowest BCUT2D eigenvalue weighted by molar-refractivity contribution is -0.137. The molecule has 8 nitrogen and oxygen atoms in total. The van der Waals surface area contributed by atoms with Gasteiger partial charge in [0.2, 0.25) is 11.3 Å². The molecule has 3 aromatic heterocycles.